The maximum absolute atomic E-state index is 12.4. The molecule has 0 saturated carbocycles. The monoisotopic (exact) mass is 442 g/mol. The Morgan fingerprint density at radius 1 is 1.03 bits per heavy atom. The van der Waals surface area contributed by atoms with Crippen molar-refractivity contribution < 1.29 is 33.8 Å². The summed E-state index contributed by atoms with van der Waals surface area (Å²) >= 11 is 0. The number of aliphatic carboxylic acids is 1. The standard InChI is InChI=1S/C23H26N2O7/c1-3-19(21(26)25-32-20(13-30-2)22(27)28)24-23(29)31-12-18-16-10-6-4-8-14(16)15-9-5-7-11-17(15)18/h4-11,18-20H,3,12-13H2,1-2H3,(H,24,29)(H,25,26)(H,27,28)/t19-,20?/m0/s1. The van der Waals surface area contributed by atoms with Gasteiger partial charge in [-0.3, -0.25) is 9.63 Å². The molecule has 2 aromatic carbocycles. The van der Waals surface area contributed by atoms with Crippen LogP contribution in [-0.2, 0) is 23.9 Å². The summed E-state index contributed by atoms with van der Waals surface area (Å²) in [6, 6.07) is 15.0. The van der Waals surface area contributed by atoms with E-state index in [-0.39, 0.29) is 25.6 Å². The van der Waals surface area contributed by atoms with Crippen molar-refractivity contribution in [2.45, 2.75) is 31.4 Å². The zero-order chi connectivity index (χ0) is 23.1. The summed E-state index contributed by atoms with van der Waals surface area (Å²) in [7, 11) is 1.31. The van der Waals surface area contributed by atoms with Gasteiger partial charge in [0.05, 0.1) is 6.61 Å². The highest BCUT2D eigenvalue weighted by Crippen LogP contribution is 2.44. The number of carboxylic acid groups (broad SMARTS) is 1. The lowest BCUT2D eigenvalue weighted by atomic mass is 9.98. The number of benzene rings is 2. The van der Waals surface area contributed by atoms with Gasteiger partial charge in [-0.15, -0.1) is 0 Å². The number of alkyl carbamates (subject to hydrolysis) is 1. The third kappa shape index (κ3) is 5.24. The van der Waals surface area contributed by atoms with Gasteiger partial charge < -0.3 is 19.9 Å². The van der Waals surface area contributed by atoms with E-state index in [4.69, 9.17) is 19.4 Å². The van der Waals surface area contributed by atoms with E-state index in [1.165, 1.54) is 7.11 Å². The maximum atomic E-state index is 12.4. The number of nitrogens with one attached hydrogen (secondary N) is 2. The number of hydrogen-bond acceptors (Lipinski definition) is 6. The number of methoxy groups -OCH3 is 1. The van der Waals surface area contributed by atoms with Gasteiger partial charge in [-0.05, 0) is 28.7 Å². The molecule has 0 fully saturated rings. The lowest BCUT2D eigenvalue weighted by Crippen LogP contribution is -2.48. The van der Waals surface area contributed by atoms with Crippen molar-refractivity contribution in [3.05, 3.63) is 59.7 Å². The number of carboxylic acids is 1. The van der Waals surface area contributed by atoms with Gasteiger partial charge in [-0.1, -0.05) is 55.5 Å². The molecule has 170 valence electrons. The third-order valence-electron chi connectivity index (χ3n) is 5.26. The van der Waals surface area contributed by atoms with E-state index >= 15 is 0 Å². The average molecular weight is 442 g/mol. The third-order valence-corrected chi connectivity index (χ3v) is 5.26. The predicted octanol–water partition coefficient (Wildman–Crippen LogP) is 2.45. The fourth-order valence-corrected chi connectivity index (χ4v) is 3.64. The molecule has 0 aliphatic heterocycles. The molecule has 0 bridgehead atoms. The molecule has 9 heteroatoms. The van der Waals surface area contributed by atoms with Crippen LogP contribution in [0.1, 0.15) is 30.4 Å². The molecule has 0 saturated heterocycles. The summed E-state index contributed by atoms with van der Waals surface area (Å²) < 4.78 is 10.2. The number of hydroxylamine groups is 1. The Morgan fingerprint density at radius 2 is 1.62 bits per heavy atom. The molecule has 32 heavy (non-hydrogen) atoms. The fraction of sp³-hybridized carbons (Fsp3) is 0.348. The zero-order valence-electron chi connectivity index (χ0n) is 17.9. The highest BCUT2D eigenvalue weighted by molar-refractivity contribution is 5.85. The fourth-order valence-electron chi connectivity index (χ4n) is 3.64. The molecule has 0 aromatic heterocycles. The molecule has 1 aliphatic rings. The first-order chi connectivity index (χ1) is 15.5. The quantitative estimate of drug-likeness (QED) is 0.483. The van der Waals surface area contributed by atoms with Crippen LogP contribution in [-0.4, -0.2) is 55.5 Å². The molecule has 1 aliphatic carbocycles. The Morgan fingerprint density at radius 3 is 2.16 bits per heavy atom. The SMILES string of the molecule is CC[C@H](NC(=O)OCC1c2ccccc2-c2ccccc21)C(=O)NOC(COC)C(=O)O. The second-order valence-electron chi connectivity index (χ2n) is 7.30. The first-order valence-electron chi connectivity index (χ1n) is 10.2. The van der Waals surface area contributed by atoms with Crippen LogP contribution in [0.5, 0.6) is 0 Å². The van der Waals surface area contributed by atoms with E-state index < -0.39 is 30.1 Å². The molecule has 9 nitrogen and oxygen atoms in total. The molecule has 3 N–H and O–H groups in total. The number of hydrogen-bond donors (Lipinski definition) is 3. The van der Waals surface area contributed by atoms with Gasteiger partial charge in [0.25, 0.3) is 5.91 Å². The summed E-state index contributed by atoms with van der Waals surface area (Å²) in [5.74, 6) is -2.08. The minimum Gasteiger partial charge on any atom is -0.479 e. The number of fused-ring (bicyclic) bond motifs is 3. The van der Waals surface area contributed by atoms with Crippen LogP contribution in [0.3, 0.4) is 0 Å². The molecule has 3 rings (SSSR count). The van der Waals surface area contributed by atoms with Crippen LogP contribution in [0.15, 0.2) is 48.5 Å². The normalized spacial score (nSPS) is 14.1. The predicted molar refractivity (Wildman–Crippen MR) is 115 cm³/mol. The number of ether oxygens (including phenoxy) is 2. The number of amides is 2. The van der Waals surface area contributed by atoms with Gasteiger partial charge in [-0.25, -0.2) is 15.1 Å². The van der Waals surface area contributed by atoms with Gasteiger partial charge in [-0.2, -0.15) is 0 Å². The Hall–Kier alpha value is -3.43. The molecule has 2 amide bonds. The van der Waals surface area contributed by atoms with Crippen molar-refractivity contribution >= 4 is 18.0 Å². The van der Waals surface area contributed by atoms with E-state index in [0.717, 1.165) is 22.3 Å². The Labute approximate surface area is 185 Å². The Bertz CT molecular complexity index is 933. The molecule has 0 spiro atoms. The molecule has 1 unspecified atom stereocenters. The van der Waals surface area contributed by atoms with Crippen molar-refractivity contribution in [2.75, 3.05) is 20.3 Å². The van der Waals surface area contributed by atoms with Gasteiger partial charge in [0.2, 0.25) is 6.10 Å². The van der Waals surface area contributed by atoms with E-state index in [9.17, 15) is 14.4 Å². The van der Waals surface area contributed by atoms with E-state index in [0.29, 0.717) is 0 Å². The summed E-state index contributed by atoms with van der Waals surface area (Å²) in [6.07, 6.45) is -1.86. The van der Waals surface area contributed by atoms with Crippen molar-refractivity contribution in [3.8, 4) is 11.1 Å². The second kappa shape index (κ2) is 10.7. The van der Waals surface area contributed by atoms with Gasteiger partial charge >= 0.3 is 12.1 Å². The highest BCUT2D eigenvalue weighted by atomic mass is 16.7. The first-order valence-corrected chi connectivity index (χ1v) is 10.2. The van der Waals surface area contributed by atoms with E-state index in [2.05, 4.69) is 10.8 Å². The average Bonchev–Trinajstić information content (AvgIpc) is 3.12. The molecule has 0 radical (unpaired) electrons. The number of carbonyl (C=O) groups excluding carboxylic acids is 2. The number of carbonyl (C=O) groups is 3. The van der Waals surface area contributed by atoms with Crippen molar-refractivity contribution in [1.29, 1.82) is 0 Å². The van der Waals surface area contributed by atoms with Crippen molar-refractivity contribution in [2.24, 2.45) is 0 Å². The van der Waals surface area contributed by atoms with Gasteiger partial charge in [0, 0.05) is 13.0 Å². The summed E-state index contributed by atoms with van der Waals surface area (Å²) in [5.41, 5.74) is 6.45. The maximum Gasteiger partial charge on any atom is 0.407 e. The van der Waals surface area contributed by atoms with E-state index in [1.807, 2.05) is 48.5 Å². The summed E-state index contributed by atoms with van der Waals surface area (Å²) in [4.78, 5) is 40.6. The topological polar surface area (TPSA) is 123 Å². The van der Waals surface area contributed by atoms with Crippen LogP contribution in [0.25, 0.3) is 11.1 Å². The Kier molecular flexibility index (Phi) is 7.80. The lowest BCUT2D eigenvalue weighted by molar-refractivity contribution is -0.165. The first kappa shape index (κ1) is 23.2. The van der Waals surface area contributed by atoms with Crippen molar-refractivity contribution in [3.63, 3.8) is 0 Å². The minimum absolute atomic E-state index is 0.101. The van der Waals surface area contributed by atoms with Crippen LogP contribution in [0.2, 0.25) is 0 Å². The molecular weight excluding hydrogens is 416 g/mol. The van der Waals surface area contributed by atoms with E-state index in [1.54, 1.807) is 6.92 Å². The second-order valence-corrected chi connectivity index (χ2v) is 7.30. The highest BCUT2D eigenvalue weighted by Gasteiger charge is 2.30. The summed E-state index contributed by atoms with van der Waals surface area (Å²) in [5, 5.41) is 11.5. The summed E-state index contributed by atoms with van der Waals surface area (Å²) in [6.45, 7) is 1.56. The lowest BCUT2D eigenvalue weighted by Gasteiger charge is -2.19. The minimum atomic E-state index is -1.36. The van der Waals surface area contributed by atoms with Crippen molar-refractivity contribution in [1.82, 2.24) is 10.8 Å². The van der Waals surface area contributed by atoms with Crippen LogP contribution in [0.4, 0.5) is 4.79 Å². The van der Waals surface area contributed by atoms with Gasteiger partial charge in [0.15, 0.2) is 0 Å². The van der Waals surface area contributed by atoms with Crippen LogP contribution < -0.4 is 10.8 Å². The van der Waals surface area contributed by atoms with Crippen LogP contribution >= 0.6 is 0 Å². The van der Waals surface area contributed by atoms with Crippen LogP contribution in [0, 0.1) is 0 Å². The molecule has 2 aromatic rings. The molecule has 2 atom stereocenters. The largest absolute Gasteiger partial charge is 0.479 e. The molecule has 0 heterocycles. The number of rotatable bonds is 10. The molecular formula is C23H26N2O7. The smallest absolute Gasteiger partial charge is 0.407 e. The zero-order valence-corrected chi connectivity index (χ0v) is 17.9. The Balaban J connectivity index is 1.57. The van der Waals surface area contributed by atoms with Gasteiger partial charge in [0.1, 0.15) is 12.6 Å².